The van der Waals surface area contributed by atoms with E-state index in [9.17, 15) is 8.68 Å². The van der Waals surface area contributed by atoms with E-state index in [2.05, 4.69) is 0 Å². The summed E-state index contributed by atoms with van der Waals surface area (Å²) in [6.07, 6.45) is 0.724. The van der Waals surface area contributed by atoms with Crippen molar-refractivity contribution in [3.05, 3.63) is 0 Å². The summed E-state index contributed by atoms with van der Waals surface area (Å²) in [6, 6.07) is -1.20. The summed E-state index contributed by atoms with van der Waals surface area (Å²) in [6.45, 7) is 0. The Morgan fingerprint density at radius 1 is 1.50 bits per heavy atom. The molecule has 5 N–H and O–H groups in total. The average molecular weight is 196 g/mol. The lowest BCUT2D eigenvalue weighted by Gasteiger charge is -2.10. The summed E-state index contributed by atoms with van der Waals surface area (Å²) >= 11 is 0.157. The number of carbonyl (C=O) groups is 1. The van der Waals surface area contributed by atoms with Gasteiger partial charge in [0, 0.05) is 23.9 Å². The highest BCUT2D eigenvalue weighted by Crippen LogP contribution is 2.06. The maximum Gasteiger partial charge on any atom is 0.320 e. The van der Waals surface area contributed by atoms with E-state index < -0.39 is 12.0 Å². The molecule has 0 rings (SSSR count). The lowest BCUT2D eigenvalue weighted by Crippen LogP contribution is -2.33. The molecule has 0 aromatic rings. The van der Waals surface area contributed by atoms with Crippen molar-refractivity contribution in [3.8, 4) is 0 Å². The van der Waals surface area contributed by atoms with Crippen molar-refractivity contribution in [1.82, 2.24) is 0 Å². The lowest BCUT2D eigenvalue weighted by molar-refractivity contribution is -0.138. The minimum atomic E-state index is -1.05. The Kier molecular flexibility index (Phi) is 6.04. The van der Waals surface area contributed by atoms with E-state index in [1.54, 1.807) is 0 Å². The van der Waals surface area contributed by atoms with E-state index in [0.29, 0.717) is 6.42 Å². The Bertz CT molecular complexity index is 148. The summed E-state index contributed by atoms with van der Waals surface area (Å²) in [5, 5.41) is 8.38. The van der Waals surface area contributed by atoms with E-state index in [4.69, 9.17) is 16.6 Å². The van der Waals surface area contributed by atoms with Crippen LogP contribution in [0.4, 0.5) is 3.89 Å². The highest BCUT2D eigenvalue weighted by atomic mass is 32.2. The molecule has 0 aliphatic rings. The molecule has 6 heteroatoms. The fraction of sp³-hybridized carbons (Fsp3) is 0.833. The van der Waals surface area contributed by atoms with E-state index >= 15 is 0 Å². The Labute approximate surface area is 74.8 Å². The number of nitrogens with two attached hydrogens (primary N) is 2. The third-order valence-electron chi connectivity index (χ3n) is 1.44. The van der Waals surface area contributed by atoms with Gasteiger partial charge in [-0.15, -0.1) is 0 Å². The van der Waals surface area contributed by atoms with Crippen molar-refractivity contribution in [1.29, 1.82) is 0 Å². The number of rotatable bonds is 6. The molecule has 0 aromatic carbocycles. The standard InChI is InChI=1S/C6H13FN2O2S/c7-12-3-4(8)1-2-5(9)6(10)11/h4-5H,1-3,8-9H2,(H,10,11). The van der Waals surface area contributed by atoms with Crippen molar-refractivity contribution in [3.63, 3.8) is 0 Å². The first-order valence-corrected chi connectivity index (χ1v) is 4.44. The average Bonchev–Trinajstić information content (AvgIpc) is 2.00. The molecule has 0 aliphatic carbocycles. The lowest BCUT2D eigenvalue weighted by atomic mass is 10.1. The number of hydrogen-bond donors (Lipinski definition) is 3. The largest absolute Gasteiger partial charge is 0.480 e. The molecule has 0 saturated heterocycles. The van der Waals surface area contributed by atoms with Crippen molar-refractivity contribution in [2.45, 2.75) is 24.9 Å². The quantitative estimate of drug-likeness (QED) is 0.561. The summed E-state index contributed by atoms with van der Waals surface area (Å²) in [5.41, 5.74) is 10.6. The molecule has 0 radical (unpaired) electrons. The minimum absolute atomic E-state index is 0.157. The molecular weight excluding hydrogens is 183 g/mol. The van der Waals surface area contributed by atoms with Gasteiger partial charge in [0.15, 0.2) is 0 Å². The predicted octanol–water partition coefficient (Wildman–Crippen LogP) is 0.123. The maximum absolute atomic E-state index is 11.6. The molecule has 72 valence electrons. The smallest absolute Gasteiger partial charge is 0.320 e. The Morgan fingerprint density at radius 3 is 2.50 bits per heavy atom. The normalized spacial score (nSPS) is 15.6. The second kappa shape index (κ2) is 6.22. The summed E-state index contributed by atoms with van der Waals surface area (Å²) < 4.78 is 11.6. The van der Waals surface area contributed by atoms with Gasteiger partial charge in [0.1, 0.15) is 6.04 Å². The summed E-state index contributed by atoms with van der Waals surface area (Å²) in [7, 11) is 0. The molecule has 2 unspecified atom stereocenters. The van der Waals surface area contributed by atoms with Gasteiger partial charge in [-0.25, -0.2) is 0 Å². The molecule has 0 bridgehead atoms. The molecule has 0 amide bonds. The van der Waals surface area contributed by atoms with E-state index in [1.165, 1.54) is 0 Å². The highest BCUT2D eigenvalue weighted by molar-refractivity contribution is 7.94. The van der Waals surface area contributed by atoms with Gasteiger partial charge < -0.3 is 16.6 Å². The van der Waals surface area contributed by atoms with E-state index in [1.807, 2.05) is 0 Å². The first-order valence-electron chi connectivity index (χ1n) is 3.55. The summed E-state index contributed by atoms with van der Waals surface area (Å²) in [4.78, 5) is 10.2. The van der Waals surface area contributed by atoms with Gasteiger partial charge in [0.25, 0.3) is 0 Å². The predicted molar refractivity (Wildman–Crippen MR) is 46.4 cm³/mol. The van der Waals surface area contributed by atoms with Gasteiger partial charge in [-0.05, 0) is 12.8 Å². The van der Waals surface area contributed by atoms with Crippen LogP contribution in [0.15, 0.2) is 0 Å². The molecule has 4 nitrogen and oxygen atoms in total. The number of carboxylic acids is 1. The second-order valence-electron chi connectivity index (χ2n) is 2.56. The minimum Gasteiger partial charge on any atom is -0.480 e. The van der Waals surface area contributed by atoms with Crippen LogP contribution in [-0.2, 0) is 4.79 Å². The van der Waals surface area contributed by atoms with Crippen LogP contribution >= 0.6 is 12.1 Å². The van der Waals surface area contributed by atoms with Gasteiger partial charge in [0.2, 0.25) is 0 Å². The van der Waals surface area contributed by atoms with Crippen LogP contribution < -0.4 is 11.5 Å². The third-order valence-corrected chi connectivity index (χ3v) is 2.00. The molecule has 12 heavy (non-hydrogen) atoms. The summed E-state index contributed by atoms with van der Waals surface area (Å²) in [5.74, 6) is -0.859. The van der Waals surface area contributed by atoms with Crippen molar-refractivity contribution in [2.75, 3.05) is 5.75 Å². The van der Waals surface area contributed by atoms with Crippen molar-refractivity contribution < 1.29 is 13.8 Å². The molecule has 0 heterocycles. The SMILES string of the molecule is NC(CCC(N)C(=O)O)CSF. The Morgan fingerprint density at radius 2 is 2.08 bits per heavy atom. The molecule has 0 aromatic heterocycles. The van der Waals surface area contributed by atoms with Crippen molar-refractivity contribution >= 4 is 18.1 Å². The second-order valence-corrected chi connectivity index (χ2v) is 3.11. The van der Waals surface area contributed by atoms with Gasteiger partial charge >= 0.3 is 5.97 Å². The zero-order valence-electron chi connectivity index (χ0n) is 6.57. The Balaban J connectivity index is 3.46. The van der Waals surface area contributed by atoms with Crippen molar-refractivity contribution in [2.24, 2.45) is 11.5 Å². The molecule has 0 saturated carbocycles. The van der Waals surface area contributed by atoms with Gasteiger partial charge in [0.05, 0.1) is 0 Å². The van der Waals surface area contributed by atoms with E-state index in [0.717, 1.165) is 0 Å². The highest BCUT2D eigenvalue weighted by Gasteiger charge is 2.13. The number of aliphatic carboxylic acids is 1. The van der Waals surface area contributed by atoms with Crippen LogP contribution in [0.1, 0.15) is 12.8 Å². The molecule has 0 spiro atoms. The Hall–Kier alpha value is -0.330. The first kappa shape index (κ1) is 11.7. The maximum atomic E-state index is 11.6. The zero-order chi connectivity index (χ0) is 9.56. The van der Waals surface area contributed by atoms with Crippen LogP contribution in [0.5, 0.6) is 0 Å². The van der Waals surface area contributed by atoms with Crippen LogP contribution in [0.2, 0.25) is 0 Å². The van der Waals surface area contributed by atoms with Crippen LogP contribution in [0.25, 0.3) is 0 Å². The number of hydrogen-bond acceptors (Lipinski definition) is 4. The molecule has 2 atom stereocenters. The van der Waals surface area contributed by atoms with Crippen LogP contribution in [-0.4, -0.2) is 28.9 Å². The van der Waals surface area contributed by atoms with E-state index in [-0.39, 0.29) is 30.4 Å². The zero-order valence-corrected chi connectivity index (χ0v) is 7.39. The molecular formula is C6H13FN2O2S. The van der Waals surface area contributed by atoms with Crippen LogP contribution in [0.3, 0.4) is 0 Å². The topological polar surface area (TPSA) is 89.3 Å². The van der Waals surface area contributed by atoms with Gasteiger partial charge in [-0.3, -0.25) is 4.79 Å². The fourth-order valence-electron chi connectivity index (χ4n) is 0.681. The molecule has 0 fully saturated rings. The van der Waals surface area contributed by atoms with Crippen LogP contribution in [0, 0.1) is 0 Å². The monoisotopic (exact) mass is 196 g/mol. The fourth-order valence-corrected chi connectivity index (χ4v) is 1.01. The first-order chi connectivity index (χ1) is 5.57. The molecule has 0 aliphatic heterocycles. The third kappa shape index (κ3) is 5.34. The van der Waals surface area contributed by atoms with Gasteiger partial charge in [-0.2, -0.15) is 3.89 Å². The van der Waals surface area contributed by atoms with Gasteiger partial charge in [-0.1, -0.05) is 0 Å². The number of carboxylic acid groups (broad SMARTS) is 1. The number of halogens is 1.